The third-order valence-electron chi connectivity index (χ3n) is 3.61. The summed E-state index contributed by atoms with van der Waals surface area (Å²) in [7, 11) is 0. The average Bonchev–Trinajstić information content (AvgIpc) is 2.63. The van der Waals surface area contributed by atoms with Crippen LogP contribution in [0.2, 0.25) is 0 Å². The van der Waals surface area contributed by atoms with Crippen molar-refractivity contribution in [2.24, 2.45) is 0 Å². The first-order chi connectivity index (χ1) is 11.3. The summed E-state index contributed by atoms with van der Waals surface area (Å²) in [5.74, 6) is -0.248. The number of hydrogen-bond donors (Lipinski definition) is 1. The quantitative estimate of drug-likeness (QED) is 0.939. The summed E-state index contributed by atoms with van der Waals surface area (Å²) < 4.78 is 5.33. The van der Waals surface area contributed by atoms with Crippen molar-refractivity contribution in [1.82, 2.24) is 4.98 Å². The molecule has 2 aromatic rings. The number of nitrogens with zero attached hydrogens (tertiary/aromatic N) is 3. The minimum Gasteiger partial charge on any atom is -0.378 e. The molecule has 0 radical (unpaired) electrons. The van der Waals surface area contributed by atoms with Gasteiger partial charge in [-0.15, -0.1) is 0 Å². The van der Waals surface area contributed by atoms with Gasteiger partial charge in [0.15, 0.2) is 0 Å². The summed E-state index contributed by atoms with van der Waals surface area (Å²) in [5.41, 5.74) is 2.48. The van der Waals surface area contributed by atoms with E-state index in [-0.39, 0.29) is 5.91 Å². The van der Waals surface area contributed by atoms with Gasteiger partial charge in [-0.3, -0.25) is 9.78 Å². The maximum atomic E-state index is 12.4. The Labute approximate surface area is 134 Å². The van der Waals surface area contributed by atoms with Crippen LogP contribution >= 0.6 is 0 Å². The van der Waals surface area contributed by atoms with E-state index in [0.29, 0.717) is 30.0 Å². The van der Waals surface area contributed by atoms with Crippen molar-refractivity contribution in [2.45, 2.75) is 0 Å². The number of aromatic nitrogens is 1. The first kappa shape index (κ1) is 15.0. The molecule has 116 valence electrons. The number of amides is 1. The number of benzene rings is 1. The molecule has 1 aromatic heterocycles. The van der Waals surface area contributed by atoms with Crippen LogP contribution in [-0.4, -0.2) is 37.2 Å². The number of nitrogens with one attached hydrogen (secondary N) is 1. The van der Waals surface area contributed by atoms with Crippen molar-refractivity contribution in [3.8, 4) is 6.07 Å². The van der Waals surface area contributed by atoms with Gasteiger partial charge in [0.2, 0.25) is 0 Å². The van der Waals surface area contributed by atoms with Gasteiger partial charge in [-0.05, 0) is 24.3 Å². The summed E-state index contributed by atoms with van der Waals surface area (Å²) in [5, 5.41) is 11.7. The van der Waals surface area contributed by atoms with Gasteiger partial charge < -0.3 is 15.0 Å². The standard InChI is InChI=1S/C17H16N4O2/c18-10-13-2-1-3-15(8-13)20-17(22)14-9-16(12-19-11-14)21-4-6-23-7-5-21/h1-3,8-9,11-12H,4-7H2,(H,20,22). The van der Waals surface area contributed by atoms with Crippen molar-refractivity contribution in [3.05, 3.63) is 53.9 Å². The Morgan fingerprint density at radius 1 is 1.26 bits per heavy atom. The van der Waals surface area contributed by atoms with E-state index in [9.17, 15) is 4.79 Å². The molecule has 2 heterocycles. The number of carbonyl (C=O) groups is 1. The van der Waals surface area contributed by atoms with Gasteiger partial charge in [0.05, 0.1) is 42.3 Å². The number of morpholine rings is 1. The largest absolute Gasteiger partial charge is 0.378 e. The maximum absolute atomic E-state index is 12.4. The molecule has 0 unspecified atom stereocenters. The lowest BCUT2D eigenvalue weighted by molar-refractivity contribution is 0.102. The predicted molar refractivity (Wildman–Crippen MR) is 86.4 cm³/mol. The highest BCUT2D eigenvalue weighted by molar-refractivity contribution is 6.04. The highest BCUT2D eigenvalue weighted by Crippen LogP contribution is 2.17. The Kier molecular flexibility index (Phi) is 4.50. The molecule has 0 atom stereocenters. The highest BCUT2D eigenvalue weighted by atomic mass is 16.5. The molecule has 6 nitrogen and oxygen atoms in total. The third kappa shape index (κ3) is 3.65. The molecule has 1 aliphatic heterocycles. The molecule has 6 heteroatoms. The Bertz CT molecular complexity index is 748. The molecule has 1 aliphatic rings. The van der Waals surface area contributed by atoms with E-state index in [1.165, 1.54) is 6.20 Å². The smallest absolute Gasteiger partial charge is 0.257 e. The molecule has 0 bridgehead atoms. The average molecular weight is 308 g/mol. The van der Waals surface area contributed by atoms with Crippen molar-refractivity contribution in [2.75, 3.05) is 36.5 Å². The molecule has 0 spiro atoms. The maximum Gasteiger partial charge on any atom is 0.257 e. The van der Waals surface area contributed by atoms with Crippen molar-refractivity contribution in [3.63, 3.8) is 0 Å². The number of ether oxygens (including phenoxy) is 1. The lowest BCUT2D eigenvalue weighted by atomic mass is 10.2. The topological polar surface area (TPSA) is 78.2 Å². The van der Waals surface area contributed by atoms with Gasteiger partial charge in [0.1, 0.15) is 0 Å². The van der Waals surface area contributed by atoms with E-state index >= 15 is 0 Å². The first-order valence-electron chi connectivity index (χ1n) is 7.35. The lowest BCUT2D eigenvalue weighted by Crippen LogP contribution is -2.36. The van der Waals surface area contributed by atoms with Crippen LogP contribution in [0.1, 0.15) is 15.9 Å². The van der Waals surface area contributed by atoms with E-state index in [0.717, 1.165) is 18.8 Å². The number of hydrogen-bond acceptors (Lipinski definition) is 5. The molecular weight excluding hydrogens is 292 g/mol. The van der Waals surface area contributed by atoms with E-state index in [1.807, 2.05) is 6.07 Å². The first-order valence-corrected chi connectivity index (χ1v) is 7.35. The molecule has 1 N–H and O–H groups in total. The fourth-order valence-electron chi connectivity index (χ4n) is 2.42. The minimum absolute atomic E-state index is 0.248. The molecule has 1 amide bonds. The predicted octanol–water partition coefficient (Wildman–Crippen LogP) is 2.04. The Morgan fingerprint density at radius 3 is 2.87 bits per heavy atom. The van der Waals surface area contributed by atoms with Crippen LogP contribution < -0.4 is 10.2 Å². The van der Waals surface area contributed by atoms with Crippen LogP contribution in [0.25, 0.3) is 0 Å². The molecule has 1 saturated heterocycles. The number of pyridine rings is 1. The molecule has 0 aliphatic carbocycles. The van der Waals surface area contributed by atoms with E-state index in [2.05, 4.69) is 21.3 Å². The SMILES string of the molecule is N#Cc1cccc(NC(=O)c2cncc(N3CCOCC3)c2)c1. The highest BCUT2D eigenvalue weighted by Gasteiger charge is 2.14. The zero-order valence-corrected chi connectivity index (χ0v) is 12.5. The summed E-state index contributed by atoms with van der Waals surface area (Å²) in [6.45, 7) is 2.93. The lowest BCUT2D eigenvalue weighted by Gasteiger charge is -2.28. The Morgan fingerprint density at radius 2 is 2.09 bits per heavy atom. The number of anilines is 2. The normalized spacial score (nSPS) is 14.1. The minimum atomic E-state index is -0.248. The van der Waals surface area contributed by atoms with Crippen LogP contribution in [0, 0.1) is 11.3 Å². The van der Waals surface area contributed by atoms with Gasteiger partial charge in [-0.2, -0.15) is 5.26 Å². The van der Waals surface area contributed by atoms with E-state index in [1.54, 1.807) is 30.5 Å². The van der Waals surface area contributed by atoms with Gasteiger partial charge in [-0.1, -0.05) is 6.07 Å². The van der Waals surface area contributed by atoms with Crippen molar-refractivity contribution in [1.29, 1.82) is 5.26 Å². The Balaban J connectivity index is 1.75. The zero-order valence-electron chi connectivity index (χ0n) is 12.5. The van der Waals surface area contributed by atoms with Gasteiger partial charge in [0, 0.05) is 25.0 Å². The second kappa shape index (κ2) is 6.90. The summed E-state index contributed by atoms with van der Waals surface area (Å²) >= 11 is 0. The fourth-order valence-corrected chi connectivity index (χ4v) is 2.42. The molecule has 0 saturated carbocycles. The van der Waals surface area contributed by atoms with Crippen molar-refractivity contribution >= 4 is 17.3 Å². The fraction of sp³-hybridized carbons (Fsp3) is 0.235. The van der Waals surface area contributed by atoms with Crippen LogP contribution in [0.3, 0.4) is 0 Å². The monoisotopic (exact) mass is 308 g/mol. The number of carbonyl (C=O) groups excluding carboxylic acids is 1. The van der Waals surface area contributed by atoms with E-state index < -0.39 is 0 Å². The van der Waals surface area contributed by atoms with Crippen molar-refractivity contribution < 1.29 is 9.53 Å². The van der Waals surface area contributed by atoms with Gasteiger partial charge in [-0.25, -0.2) is 0 Å². The third-order valence-corrected chi connectivity index (χ3v) is 3.61. The summed E-state index contributed by atoms with van der Waals surface area (Å²) in [4.78, 5) is 18.7. The zero-order chi connectivity index (χ0) is 16.1. The molecular formula is C17H16N4O2. The molecule has 1 fully saturated rings. The number of nitriles is 1. The van der Waals surface area contributed by atoms with Gasteiger partial charge in [0.25, 0.3) is 5.91 Å². The van der Waals surface area contributed by atoms with Crippen LogP contribution in [0.4, 0.5) is 11.4 Å². The van der Waals surface area contributed by atoms with E-state index in [4.69, 9.17) is 10.00 Å². The van der Waals surface area contributed by atoms with Crippen LogP contribution in [0.15, 0.2) is 42.7 Å². The van der Waals surface area contributed by atoms with Gasteiger partial charge >= 0.3 is 0 Å². The molecule has 1 aromatic carbocycles. The summed E-state index contributed by atoms with van der Waals surface area (Å²) in [6.07, 6.45) is 3.28. The molecule has 3 rings (SSSR count). The number of rotatable bonds is 3. The molecule has 23 heavy (non-hydrogen) atoms. The van der Waals surface area contributed by atoms with Crippen LogP contribution in [-0.2, 0) is 4.74 Å². The van der Waals surface area contributed by atoms with Crippen LogP contribution in [0.5, 0.6) is 0 Å². The second-order valence-electron chi connectivity index (χ2n) is 5.18. The Hall–Kier alpha value is -2.91. The summed E-state index contributed by atoms with van der Waals surface area (Å²) in [6, 6.07) is 10.7. The second-order valence-corrected chi connectivity index (χ2v) is 5.18.